The molecule has 0 atom stereocenters. The summed E-state index contributed by atoms with van der Waals surface area (Å²) in [5.74, 6) is -0.387. The van der Waals surface area contributed by atoms with E-state index in [4.69, 9.17) is 0 Å². The molecule has 0 radical (unpaired) electrons. The van der Waals surface area contributed by atoms with E-state index in [2.05, 4.69) is 0 Å². The molecule has 1 aromatic heterocycles. The standard InChI is InChI=1S/C17H15FN2O3S/c1-19-11-16(12-3-9-15(10-4-12)24(2,22)23)20(17(19)21)14-7-5-13(18)6-8-14/h3-11H,1-2H3. The third kappa shape index (κ3) is 2.90. The van der Waals surface area contributed by atoms with Gasteiger partial charge in [-0.2, -0.15) is 0 Å². The summed E-state index contributed by atoms with van der Waals surface area (Å²) in [5, 5.41) is 0. The van der Waals surface area contributed by atoms with Gasteiger partial charge in [-0.05, 0) is 36.4 Å². The van der Waals surface area contributed by atoms with Gasteiger partial charge >= 0.3 is 5.69 Å². The molecule has 7 heteroatoms. The van der Waals surface area contributed by atoms with E-state index in [9.17, 15) is 17.6 Å². The first kappa shape index (κ1) is 16.2. The van der Waals surface area contributed by atoms with Gasteiger partial charge in [0.1, 0.15) is 5.82 Å². The van der Waals surface area contributed by atoms with Crippen LogP contribution >= 0.6 is 0 Å². The van der Waals surface area contributed by atoms with Crippen LogP contribution in [0.15, 0.2) is 64.4 Å². The van der Waals surface area contributed by atoms with Gasteiger partial charge in [-0.25, -0.2) is 17.6 Å². The molecule has 0 spiro atoms. The van der Waals surface area contributed by atoms with Crippen molar-refractivity contribution in [2.75, 3.05) is 6.26 Å². The van der Waals surface area contributed by atoms with Crippen LogP contribution < -0.4 is 5.69 Å². The molecular weight excluding hydrogens is 331 g/mol. The Balaban J connectivity index is 2.17. The summed E-state index contributed by atoms with van der Waals surface area (Å²) >= 11 is 0. The highest BCUT2D eigenvalue weighted by Gasteiger charge is 2.14. The molecule has 0 unspecified atom stereocenters. The van der Waals surface area contributed by atoms with Crippen LogP contribution in [0.4, 0.5) is 4.39 Å². The average molecular weight is 346 g/mol. The zero-order valence-corrected chi connectivity index (χ0v) is 13.9. The van der Waals surface area contributed by atoms with Gasteiger partial charge in [0.05, 0.1) is 16.3 Å². The first-order valence-electron chi connectivity index (χ1n) is 7.12. The lowest BCUT2D eigenvalue weighted by atomic mass is 10.1. The van der Waals surface area contributed by atoms with E-state index < -0.39 is 9.84 Å². The SMILES string of the molecule is Cn1cc(-c2ccc(S(C)(=O)=O)cc2)n(-c2ccc(F)cc2)c1=O. The zero-order valence-electron chi connectivity index (χ0n) is 13.1. The highest BCUT2D eigenvalue weighted by atomic mass is 32.2. The van der Waals surface area contributed by atoms with Crippen molar-refractivity contribution in [1.29, 1.82) is 0 Å². The lowest BCUT2D eigenvalue weighted by Crippen LogP contribution is -2.21. The highest BCUT2D eigenvalue weighted by Crippen LogP contribution is 2.23. The van der Waals surface area contributed by atoms with Gasteiger partial charge in [0.2, 0.25) is 0 Å². The average Bonchev–Trinajstić information content (AvgIpc) is 2.83. The molecule has 0 fully saturated rings. The smallest absolute Gasteiger partial charge is 0.301 e. The molecule has 0 bridgehead atoms. The minimum Gasteiger partial charge on any atom is -0.301 e. The molecule has 124 valence electrons. The number of sulfone groups is 1. The van der Waals surface area contributed by atoms with Crippen LogP contribution in [-0.4, -0.2) is 23.8 Å². The number of hydrogen-bond acceptors (Lipinski definition) is 3. The van der Waals surface area contributed by atoms with E-state index in [1.165, 1.54) is 45.5 Å². The van der Waals surface area contributed by atoms with Gasteiger partial charge in [0.15, 0.2) is 9.84 Å². The van der Waals surface area contributed by atoms with Crippen LogP contribution in [0, 0.1) is 5.82 Å². The predicted octanol–water partition coefficient (Wildman–Crippen LogP) is 2.39. The van der Waals surface area contributed by atoms with Crippen molar-refractivity contribution in [2.45, 2.75) is 4.90 Å². The second-order valence-corrected chi connectivity index (χ2v) is 7.53. The number of rotatable bonds is 3. The Morgan fingerprint density at radius 3 is 2.08 bits per heavy atom. The number of hydrogen-bond donors (Lipinski definition) is 0. The summed E-state index contributed by atoms with van der Waals surface area (Å²) in [5.41, 5.74) is 1.53. The van der Waals surface area contributed by atoms with Crippen LogP contribution in [0.5, 0.6) is 0 Å². The molecule has 3 rings (SSSR count). The molecule has 0 aliphatic carbocycles. The van der Waals surface area contributed by atoms with E-state index >= 15 is 0 Å². The fraction of sp³-hybridized carbons (Fsp3) is 0.118. The quantitative estimate of drug-likeness (QED) is 0.732. The maximum Gasteiger partial charge on any atom is 0.332 e. The number of aromatic nitrogens is 2. The molecule has 2 aromatic carbocycles. The Bertz CT molecular complexity index is 1050. The molecule has 5 nitrogen and oxygen atoms in total. The molecule has 0 saturated carbocycles. The number of aryl methyl sites for hydroxylation is 1. The zero-order chi connectivity index (χ0) is 17.5. The van der Waals surface area contributed by atoms with Gasteiger partial charge in [-0.3, -0.25) is 4.57 Å². The summed E-state index contributed by atoms with van der Waals surface area (Å²) in [6, 6.07) is 11.9. The Morgan fingerprint density at radius 1 is 0.958 bits per heavy atom. The van der Waals surface area contributed by atoms with E-state index in [0.29, 0.717) is 16.9 Å². The first-order valence-corrected chi connectivity index (χ1v) is 9.01. The summed E-state index contributed by atoms with van der Waals surface area (Å²) in [4.78, 5) is 12.6. The van der Waals surface area contributed by atoms with E-state index in [1.807, 2.05) is 0 Å². The largest absolute Gasteiger partial charge is 0.332 e. The second-order valence-electron chi connectivity index (χ2n) is 5.52. The first-order chi connectivity index (χ1) is 11.3. The molecule has 24 heavy (non-hydrogen) atoms. The minimum atomic E-state index is -3.29. The molecule has 0 aliphatic rings. The van der Waals surface area contributed by atoms with Crippen LogP contribution in [-0.2, 0) is 16.9 Å². The molecule has 1 heterocycles. The fourth-order valence-electron chi connectivity index (χ4n) is 2.47. The van der Waals surface area contributed by atoms with Crippen molar-refractivity contribution in [3.05, 3.63) is 71.0 Å². The van der Waals surface area contributed by atoms with Gasteiger partial charge in [0, 0.05) is 25.1 Å². The van der Waals surface area contributed by atoms with Crippen LogP contribution in [0.25, 0.3) is 16.9 Å². The van der Waals surface area contributed by atoms with Crippen molar-refractivity contribution in [2.24, 2.45) is 7.05 Å². The highest BCUT2D eigenvalue weighted by molar-refractivity contribution is 7.90. The number of benzene rings is 2. The maximum atomic E-state index is 13.1. The van der Waals surface area contributed by atoms with Crippen molar-refractivity contribution in [3.63, 3.8) is 0 Å². The van der Waals surface area contributed by atoms with Crippen LogP contribution in [0.3, 0.4) is 0 Å². The Hall–Kier alpha value is -2.67. The van der Waals surface area contributed by atoms with Crippen LogP contribution in [0.2, 0.25) is 0 Å². The van der Waals surface area contributed by atoms with Crippen molar-refractivity contribution < 1.29 is 12.8 Å². The van der Waals surface area contributed by atoms with Gasteiger partial charge in [-0.15, -0.1) is 0 Å². The summed E-state index contributed by atoms with van der Waals surface area (Å²) < 4.78 is 39.1. The van der Waals surface area contributed by atoms with Gasteiger partial charge in [0.25, 0.3) is 0 Å². The number of nitrogens with zero attached hydrogens (tertiary/aromatic N) is 2. The summed E-state index contributed by atoms with van der Waals surface area (Å²) in [6.07, 6.45) is 2.79. The molecule has 3 aromatic rings. The van der Waals surface area contributed by atoms with Crippen LogP contribution in [0.1, 0.15) is 0 Å². The Morgan fingerprint density at radius 2 is 1.54 bits per heavy atom. The normalized spacial score (nSPS) is 11.6. The third-order valence-electron chi connectivity index (χ3n) is 3.71. The van der Waals surface area contributed by atoms with Crippen molar-refractivity contribution >= 4 is 9.84 Å². The minimum absolute atomic E-state index is 0.206. The van der Waals surface area contributed by atoms with Crippen molar-refractivity contribution in [1.82, 2.24) is 9.13 Å². The van der Waals surface area contributed by atoms with E-state index in [-0.39, 0.29) is 16.4 Å². The van der Waals surface area contributed by atoms with Gasteiger partial charge in [-0.1, -0.05) is 12.1 Å². The molecule has 0 aliphatic heterocycles. The Kier molecular flexibility index (Phi) is 3.88. The number of imidazole rings is 1. The molecule has 0 saturated heterocycles. The number of halogens is 1. The monoisotopic (exact) mass is 346 g/mol. The fourth-order valence-corrected chi connectivity index (χ4v) is 3.10. The van der Waals surface area contributed by atoms with E-state index in [0.717, 1.165) is 6.26 Å². The predicted molar refractivity (Wildman–Crippen MR) is 89.5 cm³/mol. The lowest BCUT2D eigenvalue weighted by molar-refractivity contribution is 0.602. The lowest BCUT2D eigenvalue weighted by Gasteiger charge is -2.08. The summed E-state index contributed by atoms with van der Waals surface area (Å²) in [7, 11) is -1.67. The molecule has 0 N–H and O–H groups in total. The second kappa shape index (κ2) is 5.76. The maximum absolute atomic E-state index is 13.1. The summed E-state index contributed by atoms with van der Waals surface area (Å²) in [6.45, 7) is 0. The molecule has 0 amide bonds. The Labute approximate surface area is 138 Å². The van der Waals surface area contributed by atoms with Crippen molar-refractivity contribution in [3.8, 4) is 16.9 Å². The van der Waals surface area contributed by atoms with Gasteiger partial charge < -0.3 is 4.57 Å². The molecular formula is C17H15FN2O3S. The van der Waals surface area contributed by atoms with E-state index in [1.54, 1.807) is 25.4 Å². The topological polar surface area (TPSA) is 61.1 Å². The third-order valence-corrected chi connectivity index (χ3v) is 4.84.